The minimum Gasteiger partial charge on any atom is -0.310 e. The van der Waals surface area contributed by atoms with E-state index in [4.69, 9.17) is 0 Å². The van der Waals surface area contributed by atoms with E-state index < -0.39 is 0 Å². The van der Waals surface area contributed by atoms with E-state index in [9.17, 15) is 4.39 Å². The zero-order chi connectivity index (χ0) is 15.2. The molecule has 0 atom stereocenters. The standard InChI is InChI=1S/C17H19BrFNS/c1-12(2)20-10-13-4-3-5-16(8-13)21-11-14-6-7-15(18)9-17(14)19/h3-9,12,20H,10-11H2,1-2H3. The van der Waals surface area contributed by atoms with Crippen LogP contribution in [-0.4, -0.2) is 6.04 Å². The average Bonchev–Trinajstić information content (AvgIpc) is 2.45. The van der Waals surface area contributed by atoms with Crippen molar-refractivity contribution in [2.24, 2.45) is 0 Å². The zero-order valence-corrected chi connectivity index (χ0v) is 14.6. The smallest absolute Gasteiger partial charge is 0.128 e. The summed E-state index contributed by atoms with van der Waals surface area (Å²) in [6.45, 7) is 5.13. The van der Waals surface area contributed by atoms with Gasteiger partial charge in [0.1, 0.15) is 5.82 Å². The number of hydrogen-bond acceptors (Lipinski definition) is 2. The van der Waals surface area contributed by atoms with Crippen molar-refractivity contribution in [1.82, 2.24) is 5.32 Å². The van der Waals surface area contributed by atoms with Crippen molar-refractivity contribution >= 4 is 27.7 Å². The minimum atomic E-state index is -0.158. The van der Waals surface area contributed by atoms with E-state index in [2.05, 4.69) is 59.4 Å². The first-order valence-electron chi connectivity index (χ1n) is 6.93. The number of nitrogens with one attached hydrogen (secondary N) is 1. The van der Waals surface area contributed by atoms with Crippen molar-refractivity contribution in [3.05, 3.63) is 63.9 Å². The van der Waals surface area contributed by atoms with Crippen LogP contribution in [0.15, 0.2) is 51.8 Å². The highest BCUT2D eigenvalue weighted by Crippen LogP contribution is 2.26. The molecule has 1 N–H and O–H groups in total. The fraction of sp³-hybridized carbons (Fsp3) is 0.294. The summed E-state index contributed by atoms with van der Waals surface area (Å²) in [6, 6.07) is 14.1. The highest BCUT2D eigenvalue weighted by Gasteiger charge is 2.04. The highest BCUT2D eigenvalue weighted by atomic mass is 79.9. The van der Waals surface area contributed by atoms with Gasteiger partial charge in [0.2, 0.25) is 0 Å². The number of rotatable bonds is 6. The first-order valence-corrected chi connectivity index (χ1v) is 8.71. The first-order chi connectivity index (χ1) is 10.0. The van der Waals surface area contributed by atoms with Crippen molar-refractivity contribution in [2.45, 2.75) is 37.1 Å². The average molecular weight is 368 g/mol. The Balaban J connectivity index is 1.98. The molecule has 0 fully saturated rings. The summed E-state index contributed by atoms with van der Waals surface area (Å²) in [4.78, 5) is 1.17. The Hall–Kier alpha value is -0.840. The molecule has 0 saturated carbocycles. The molecule has 0 aliphatic carbocycles. The fourth-order valence-corrected chi connectivity index (χ4v) is 3.17. The van der Waals surface area contributed by atoms with Crippen LogP contribution in [0.4, 0.5) is 4.39 Å². The maximum absolute atomic E-state index is 13.8. The molecule has 0 saturated heterocycles. The lowest BCUT2D eigenvalue weighted by Gasteiger charge is -2.09. The molecule has 1 nitrogen and oxygen atoms in total. The lowest BCUT2D eigenvalue weighted by Crippen LogP contribution is -2.21. The van der Waals surface area contributed by atoms with Crippen LogP contribution in [0.3, 0.4) is 0 Å². The van der Waals surface area contributed by atoms with Gasteiger partial charge in [0.05, 0.1) is 0 Å². The van der Waals surface area contributed by atoms with E-state index in [0.29, 0.717) is 11.8 Å². The Morgan fingerprint density at radius 2 is 2.00 bits per heavy atom. The normalized spacial score (nSPS) is 11.1. The maximum atomic E-state index is 13.8. The first kappa shape index (κ1) is 16.5. The van der Waals surface area contributed by atoms with Crippen LogP contribution in [0.25, 0.3) is 0 Å². The van der Waals surface area contributed by atoms with Gasteiger partial charge in [0.25, 0.3) is 0 Å². The van der Waals surface area contributed by atoms with E-state index in [-0.39, 0.29) is 5.82 Å². The predicted molar refractivity (Wildman–Crippen MR) is 92.1 cm³/mol. The third kappa shape index (κ3) is 5.46. The Bertz CT molecular complexity index is 601. The molecule has 0 bridgehead atoms. The molecule has 21 heavy (non-hydrogen) atoms. The van der Waals surface area contributed by atoms with Gasteiger partial charge in [-0.05, 0) is 35.4 Å². The van der Waals surface area contributed by atoms with Gasteiger partial charge in [-0.15, -0.1) is 11.8 Å². The second kappa shape index (κ2) is 7.97. The van der Waals surface area contributed by atoms with Crippen LogP contribution in [0, 0.1) is 5.82 Å². The summed E-state index contributed by atoms with van der Waals surface area (Å²) in [5, 5.41) is 3.40. The predicted octanol–water partition coefficient (Wildman–Crippen LogP) is 5.38. The lowest BCUT2D eigenvalue weighted by molar-refractivity contribution is 0.588. The third-order valence-corrected chi connectivity index (χ3v) is 4.56. The fourth-order valence-electron chi connectivity index (χ4n) is 1.87. The van der Waals surface area contributed by atoms with Crippen molar-refractivity contribution in [2.75, 3.05) is 0 Å². The van der Waals surface area contributed by atoms with Crippen molar-refractivity contribution in [1.29, 1.82) is 0 Å². The van der Waals surface area contributed by atoms with Gasteiger partial charge >= 0.3 is 0 Å². The van der Waals surface area contributed by atoms with E-state index in [1.165, 1.54) is 16.5 Å². The van der Waals surface area contributed by atoms with Gasteiger partial charge < -0.3 is 5.32 Å². The van der Waals surface area contributed by atoms with Gasteiger partial charge in [0, 0.05) is 27.7 Å². The molecule has 0 amide bonds. The van der Waals surface area contributed by atoms with Crippen molar-refractivity contribution in [3.8, 4) is 0 Å². The number of thioether (sulfide) groups is 1. The van der Waals surface area contributed by atoms with Gasteiger partial charge in [0.15, 0.2) is 0 Å². The molecule has 2 rings (SSSR count). The van der Waals surface area contributed by atoms with Gasteiger partial charge in [-0.25, -0.2) is 4.39 Å². The monoisotopic (exact) mass is 367 g/mol. The number of halogens is 2. The summed E-state index contributed by atoms with van der Waals surface area (Å²) >= 11 is 4.94. The minimum absolute atomic E-state index is 0.158. The zero-order valence-electron chi connectivity index (χ0n) is 12.2. The van der Waals surface area contributed by atoms with Crippen molar-refractivity contribution in [3.63, 3.8) is 0 Å². The maximum Gasteiger partial charge on any atom is 0.128 e. The second-order valence-electron chi connectivity index (χ2n) is 5.21. The summed E-state index contributed by atoms with van der Waals surface area (Å²) in [7, 11) is 0. The molecule has 2 aromatic carbocycles. The largest absolute Gasteiger partial charge is 0.310 e. The Kier molecular flexibility index (Phi) is 6.27. The molecule has 112 valence electrons. The molecule has 0 radical (unpaired) electrons. The van der Waals surface area contributed by atoms with E-state index in [1.807, 2.05) is 12.1 Å². The summed E-state index contributed by atoms with van der Waals surface area (Å²) in [6.07, 6.45) is 0. The molecule has 2 aromatic rings. The molecule has 0 aromatic heterocycles. The molecule has 0 aliphatic rings. The molecule has 4 heteroatoms. The number of benzene rings is 2. The molecule has 0 heterocycles. The van der Waals surface area contributed by atoms with E-state index in [0.717, 1.165) is 16.6 Å². The molecular formula is C17H19BrFNS. The van der Waals surface area contributed by atoms with Crippen LogP contribution >= 0.6 is 27.7 Å². The van der Waals surface area contributed by atoms with Crippen LogP contribution in [-0.2, 0) is 12.3 Å². The SMILES string of the molecule is CC(C)NCc1cccc(SCc2ccc(Br)cc2F)c1. The molecule has 0 spiro atoms. The summed E-state index contributed by atoms with van der Waals surface area (Å²) < 4.78 is 14.6. The lowest BCUT2D eigenvalue weighted by atomic mass is 10.2. The Labute approximate surface area is 138 Å². The van der Waals surface area contributed by atoms with Crippen LogP contribution < -0.4 is 5.32 Å². The molecular weight excluding hydrogens is 349 g/mol. The van der Waals surface area contributed by atoms with Crippen LogP contribution in [0.2, 0.25) is 0 Å². The molecule has 0 aliphatic heterocycles. The van der Waals surface area contributed by atoms with Gasteiger partial charge in [-0.3, -0.25) is 0 Å². The van der Waals surface area contributed by atoms with Crippen LogP contribution in [0.5, 0.6) is 0 Å². The van der Waals surface area contributed by atoms with E-state index in [1.54, 1.807) is 11.8 Å². The summed E-state index contributed by atoms with van der Waals surface area (Å²) in [5.74, 6) is 0.481. The van der Waals surface area contributed by atoms with Crippen LogP contribution in [0.1, 0.15) is 25.0 Å². The van der Waals surface area contributed by atoms with Gasteiger partial charge in [-0.1, -0.05) is 48.0 Å². The highest BCUT2D eigenvalue weighted by molar-refractivity contribution is 9.10. The second-order valence-corrected chi connectivity index (χ2v) is 7.17. The quantitative estimate of drug-likeness (QED) is 0.687. The summed E-state index contributed by atoms with van der Waals surface area (Å²) in [5.41, 5.74) is 1.99. The Morgan fingerprint density at radius 1 is 1.19 bits per heavy atom. The van der Waals surface area contributed by atoms with Crippen molar-refractivity contribution < 1.29 is 4.39 Å². The topological polar surface area (TPSA) is 12.0 Å². The Morgan fingerprint density at radius 3 is 2.71 bits per heavy atom. The number of hydrogen-bond donors (Lipinski definition) is 1. The third-order valence-electron chi connectivity index (χ3n) is 3.02. The molecule has 0 unspecified atom stereocenters. The van der Waals surface area contributed by atoms with E-state index >= 15 is 0 Å². The van der Waals surface area contributed by atoms with Gasteiger partial charge in [-0.2, -0.15) is 0 Å².